The van der Waals surface area contributed by atoms with Crippen LogP contribution < -0.4 is 0 Å². The van der Waals surface area contributed by atoms with Crippen molar-refractivity contribution in [2.45, 2.75) is 10.9 Å². The molecule has 2 aromatic carbocycles. The summed E-state index contributed by atoms with van der Waals surface area (Å²) in [5.41, 5.74) is 3.05. The summed E-state index contributed by atoms with van der Waals surface area (Å²) in [5, 5.41) is 9.79. The first kappa shape index (κ1) is 16.9. The van der Waals surface area contributed by atoms with E-state index in [0.717, 1.165) is 22.0 Å². The lowest BCUT2D eigenvalue weighted by atomic mass is 10.2. The van der Waals surface area contributed by atoms with E-state index < -0.39 is 0 Å². The minimum atomic E-state index is 0.488. The van der Waals surface area contributed by atoms with Crippen LogP contribution in [-0.4, -0.2) is 19.7 Å². The van der Waals surface area contributed by atoms with Crippen LogP contribution in [0.15, 0.2) is 70.4 Å². The van der Waals surface area contributed by atoms with Gasteiger partial charge in [-0.3, -0.25) is 0 Å². The average molecular weight is 383 g/mol. The molecule has 130 valence electrons. The molecule has 0 radical (unpaired) electrons. The van der Waals surface area contributed by atoms with Gasteiger partial charge in [-0.25, -0.2) is 4.98 Å². The van der Waals surface area contributed by atoms with E-state index in [1.165, 1.54) is 0 Å². The zero-order valence-electron chi connectivity index (χ0n) is 14.0. The molecular formula is C19H15ClN4OS. The maximum Gasteiger partial charge on any atom is 0.247 e. The quantitative estimate of drug-likeness (QED) is 0.450. The lowest BCUT2D eigenvalue weighted by molar-refractivity contribution is 0.528. The molecule has 0 unspecified atom stereocenters. The molecule has 0 spiro atoms. The number of thioether (sulfide) groups is 1. The molecule has 0 saturated carbocycles. The second-order valence-corrected chi connectivity index (χ2v) is 7.03. The van der Waals surface area contributed by atoms with Gasteiger partial charge in [0, 0.05) is 17.6 Å². The van der Waals surface area contributed by atoms with Crippen molar-refractivity contribution in [3.05, 3.63) is 71.7 Å². The summed E-state index contributed by atoms with van der Waals surface area (Å²) >= 11 is 7.46. The third-order valence-corrected chi connectivity index (χ3v) is 5.18. The topological polar surface area (TPSA) is 56.7 Å². The van der Waals surface area contributed by atoms with Crippen molar-refractivity contribution in [1.29, 1.82) is 0 Å². The van der Waals surface area contributed by atoms with Crippen LogP contribution in [0, 0.1) is 0 Å². The number of benzene rings is 2. The Morgan fingerprint density at radius 1 is 1.00 bits per heavy atom. The highest BCUT2D eigenvalue weighted by atomic mass is 35.5. The van der Waals surface area contributed by atoms with Gasteiger partial charge >= 0.3 is 0 Å². The van der Waals surface area contributed by atoms with E-state index in [1.54, 1.807) is 23.9 Å². The monoisotopic (exact) mass is 382 g/mol. The number of imidazole rings is 1. The summed E-state index contributed by atoms with van der Waals surface area (Å²) < 4.78 is 7.81. The van der Waals surface area contributed by atoms with Gasteiger partial charge in [0.25, 0.3) is 0 Å². The minimum Gasteiger partial charge on any atom is -0.420 e. The van der Waals surface area contributed by atoms with Gasteiger partial charge in [0.1, 0.15) is 0 Å². The lowest BCUT2D eigenvalue weighted by Crippen LogP contribution is -1.94. The first-order chi connectivity index (χ1) is 12.7. The Bertz CT molecular complexity index is 1010. The van der Waals surface area contributed by atoms with Gasteiger partial charge in [-0.05, 0) is 29.8 Å². The van der Waals surface area contributed by atoms with E-state index in [4.69, 9.17) is 16.0 Å². The molecule has 4 aromatic rings. The predicted molar refractivity (Wildman–Crippen MR) is 103 cm³/mol. The van der Waals surface area contributed by atoms with Crippen LogP contribution in [0.4, 0.5) is 0 Å². The third-order valence-electron chi connectivity index (χ3n) is 3.90. The predicted octanol–water partition coefficient (Wildman–Crippen LogP) is 5.08. The number of halogens is 1. The highest BCUT2D eigenvalue weighted by Crippen LogP contribution is 2.27. The molecule has 0 bridgehead atoms. The van der Waals surface area contributed by atoms with Gasteiger partial charge in [-0.1, -0.05) is 53.7 Å². The van der Waals surface area contributed by atoms with Crippen LogP contribution in [0.3, 0.4) is 0 Å². The number of hydrogen-bond donors (Lipinski definition) is 0. The Labute approximate surface area is 160 Å². The largest absolute Gasteiger partial charge is 0.420 e. The van der Waals surface area contributed by atoms with Crippen LogP contribution in [0.2, 0.25) is 5.02 Å². The average Bonchev–Trinajstić information content (AvgIpc) is 3.28. The Balaban J connectivity index is 1.47. The Morgan fingerprint density at radius 2 is 1.77 bits per heavy atom. The number of hydrogen-bond acceptors (Lipinski definition) is 5. The van der Waals surface area contributed by atoms with E-state index in [9.17, 15) is 0 Å². The molecule has 2 aromatic heterocycles. The van der Waals surface area contributed by atoms with Crippen molar-refractivity contribution in [3.63, 3.8) is 0 Å². The SMILES string of the molecule is Cn1c(-c2ccccc2)cnc1SCc1nnc(-c2ccc(Cl)cc2)o1. The van der Waals surface area contributed by atoms with Crippen LogP contribution in [0.5, 0.6) is 0 Å². The van der Waals surface area contributed by atoms with E-state index in [2.05, 4.69) is 31.9 Å². The maximum atomic E-state index is 5.90. The molecule has 26 heavy (non-hydrogen) atoms. The second-order valence-electron chi connectivity index (χ2n) is 5.65. The molecule has 0 saturated heterocycles. The van der Waals surface area contributed by atoms with Crippen molar-refractivity contribution in [2.75, 3.05) is 0 Å². The Hall–Kier alpha value is -2.57. The number of nitrogens with zero attached hydrogens (tertiary/aromatic N) is 4. The smallest absolute Gasteiger partial charge is 0.247 e. The normalized spacial score (nSPS) is 11.0. The molecule has 0 amide bonds. The number of aromatic nitrogens is 4. The van der Waals surface area contributed by atoms with Gasteiger partial charge in [0.15, 0.2) is 5.16 Å². The summed E-state index contributed by atoms with van der Waals surface area (Å²) in [6, 6.07) is 17.5. The molecule has 0 atom stereocenters. The molecule has 4 rings (SSSR count). The summed E-state index contributed by atoms with van der Waals surface area (Å²) in [6.07, 6.45) is 1.88. The van der Waals surface area contributed by atoms with Crippen molar-refractivity contribution < 1.29 is 4.42 Å². The molecule has 0 aliphatic heterocycles. The molecule has 0 fully saturated rings. The highest BCUT2D eigenvalue weighted by molar-refractivity contribution is 7.98. The van der Waals surface area contributed by atoms with Crippen LogP contribution in [-0.2, 0) is 12.8 Å². The minimum absolute atomic E-state index is 0.488. The van der Waals surface area contributed by atoms with Gasteiger partial charge in [-0.15, -0.1) is 10.2 Å². The van der Waals surface area contributed by atoms with E-state index in [1.807, 2.05) is 43.6 Å². The fraction of sp³-hybridized carbons (Fsp3) is 0.105. The van der Waals surface area contributed by atoms with Crippen molar-refractivity contribution in [3.8, 4) is 22.7 Å². The molecule has 0 aliphatic rings. The van der Waals surface area contributed by atoms with E-state index >= 15 is 0 Å². The molecule has 7 heteroatoms. The third kappa shape index (κ3) is 3.52. The summed E-state index contributed by atoms with van der Waals surface area (Å²) in [7, 11) is 2.00. The van der Waals surface area contributed by atoms with Crippen LogP contribution >= 0.6 is 23.4 Å². The summed E-state index contributed by atoms with van der Waals surface area (Å²) in [5.74, 6) is 1.60. The fourth-order valence-corrected chi connectivity index (χ4v) is 3.47. The Morgan fingerprint density at radius 3 is 2.54 bits per heavy atom. The maximum absolute atomic E-state index is 5.90. The standard InChI is InChI=1S/C19H15ClN4OS/c1-24-16(13-5-3-2-4-6-13)11-21-19(24)26-12-17-22-23-18(25-17)14-7-9-15(20)10-8-14/h2-11H,12H2,1H3. The van der Waals surface area contributed by atoms with Gasteiger partial charge in [-0.2, -0.15) is 0 Å². The van der Waals surface area contributed by atoms with Gasteiger partial charge in [0.2, 0.25) is 11.8 Å². The van der Waals surface area contributed by atoms with E-state index in [-0.39, 0.29) is 0 Å². The van der Waals surface area contributed by atoms with Gasteiger partial charge in [0.05, 0.1) is 17.6 Å². The van der Waals surface area contributed by atoms with Gasteiger partial charge < -0.3 is 8.98 Å². The van der Waals surface area contributed by atoms with Crippen LogP contribution in [0.1, 0.15) is 5.89 Å². The first-order valence-corrected chi connectivity index (χ1v) is 9.35. The lowest BCUT2D eigenvalue weighted by Gasteiger charge is -2.04. The van der Waals surface area contributed by atoms with Crippen molar-refractivity contribution >= 4 is 23.4 Å². The second kappa shape index (κ2) is 7.35. The first-order valence-electron chi connectivity index (χ1n) is 7.99. The van der Waals surface area contributed by atoms with Crippen molar-refractivity contribution in [1.82, 2.24) is 19.7 Å². The highest BCUT2D eigenvalue weighted by Gasteiger charge is 2.12. The summed E-state index contributed by atoms with van der Waals surface area (Å²) in [6.45, 7) is 0. The molecule has 5 nitrogen and oxygen atoms in total. The van der Waals surface area contributed by atoms with E-state index in [0.29, 0.717) is 22.6 Å². The molecule has 2 heterocycles. The molecule has 0 N–H and O–H groups in total. The van der Waals surface area contributed by atoms with Crippen LogP contribution in [0.25, 0.3) is 22.7 Å². The zero-order chi connectivity index (χ0) is 17.9. The fourth-order valence-electron chi connectivity index (χ4n) is 2.55. The summed E-state index contributed by atoms with van der Waals surface area (Å²) in [4.78, 5) is 4.50. The number of rotatable bonds is 5. The Kier molecular flexibility index (Phi) is 4.77. The molecular weight excluding hydrogens is 368 g/mol. The zero-order valence-corrected chi connectivity index (χ0v) is 15.5. The van der Waals surface area contributed by atoms with Crippen molar-refractivity contribution in [2.24, 2.45) is 7.05 Å². The molecule has 0 aliphatic carbocycles.